The molecule has 7 heteroatoms. The van der Waals surface area contributed by atoms with E-state index in [9.17, 15) is 9.59 Å². The number of hydrogen-bond donors (Lipinski definition) is 1. The maximum Gasteiger partial charge on any atom is 0.410 e. The summed E-state index contributed by atoms with van der Waals surface area (Å²) in [6.45, 7) is 9.59. The van der Waals surface area contributed by atoms with E-state index in [2.05, 4.69) is 15.2 Å². The molecule has 0 spiro atoms. The second kappa shape index (κ2) is 7.07. The van der Waals surface area contributed by atoms with E-state index >= 15 is 0 Å². The van der Waals surface area contributed by atoms with Gasteiger partial charge in [0, 0.05) is 32.7 Å². The Balaban J connectivity index is 2.00. The molecular formula is C17H26N4O3. The highest BCUT2D eigenvalue weighted by atomic mass is 16.6. The molecule has 24 heavy (non-hydrogen) atoms. The van der Waals surface area contributed by atoms with E-state index in [-0.39, 0.29) is 18.0 Å². The van der Waals surface area contributed by atoms with Crippen LogP contribution >= 0.6 is 0 Å². The van der Waals surface area contributed by atoms with Crippen LogP contribution in [0.3, 0.4) is 0 Å². The first kappa shape index (κ1) is 18.0. The molecule has 1 atom stereocenters. The van der Waals surface area contributed by atoms with E-state index < -0.39 is 5.60 Å². The second-order valence-electron chi connectivity index (χ2n) is 6.95. The van der Waals surface area contributed by atoms with Crippen molar-refractivity contribution in [3.63, 3.8) is 0 Å². The molecule has 0 aromatic carbocycles. The Morgan fingerprint density at radius 3 is 2.50 bits per heavy atom. The molecule has 2 rings (SSSR count). The fourth-order valence-corrected chi connectivity index (χ4v) is 2.62. The van der Waals surface area contributed by atoms with Crippen molar-refractivity contribution in [2.75, 3.05) is 31.6 Å². The summed E-state index contributed by atoms with van der Waals surface area (Å²) in [6.07, 6.45) is 1.42. The second-order valence-corrected chi connectivity index (χ2v) is 6.95. The maximum absolute atomic E-state index is 12.2. The van der Waals surface area contributed by atoms with Gasteiger partial charge < -0.3 is 19.9 Å². The van der Waals surface area contributed by atoms with Gasteiger partial charge in [0.25, 0.3) is 5.91 Å². The Morgan fingerprint density at radius 2 is 2.00 bits per heavy atom. The van der Waals surface area contributed by atoms with Crippen LogP contribution in [0.15, 0.2) is 18.3 Å². The molecule has 0 saturated carbocycles. The van der Waals surface area contributed by atoms with Gasteiger partial charge in [0.1, 0.15) is 11.3 Å². The van der Waals surface area contributed by atoms with Crippen LogP contribution < -0.4 is 10.2 Å². The summed E-state index contributed by atoms with van der Waals surface area (Å²) in [6, 6.07) is 3.62. The zero-order valence-corrected chi connectivity index (χ0v) is 15.0. The van der Waals surface area contributed by atoms with E-state index in [0.717, 1.165) is 5.69 Å². The van der Waals surface area contributed by atoms with Crippen molar-refractivity contribution in [2.24, 2.45) is 0 Å². The monoisotopic (exact) mass is 334 g/mol. The number of carbonyl (C=O) groups is 2. The molecule has 2 heterocycles. The van der Waals surface area contributed by atoms with E-state index in [1.165, 1.54) is 0 Å². The lowest BCUT2D eigenvalue weighted by Gasteiger charge is -2.41. The van der Waals surface area contributed by atoms with E-state index in [1.807, 2.05) is 33.8 Å². The molecule has 1 aromatic heterocycles. The predicted octanol–water partition coefficient (Wildman–Crippen LogP) is 1.89. The minimum absolute atomic E-state index is 0.0345. The van der Waals surface area contributed by atoms with Crippen LogP contribution in [0.25, 0.3) is 0 Å². The van der Waals surface area contributed by atoms with Gasteiger partial charge in [0.15, 0.2) is 0 Å². The summed E-state index contributed by atoms with van der Waals surface area (Å²) >= 11 is 0. The minimum atomic E-state index is -0.493. The third-order valence-electron chi connectivity index (χ3n) is 3.83. The summed E-state index contributed by atoms with van der Waals surface area (Å²) < 4.78 is 5.45. The van der Waals surface area contributed by atoms with E-state index in [1.54, 1.807) is 24.2 Å². The fourth-order valence-electron chi connectivity index (χ4n) is 2.62. The van der Waals surface area contributed by atoms with Crippen LogP contribution in [0.4, 0.5) is 10.5 Å². The summed E-state index contributed by atoms with van der Waals surface area (Å²) in [5.41, 5.74) is 0.841. The van der Waals surface area contributed by atoms with Gasteiger partial charge in [-0.25, -0.2) is 9.78 Å². The number of carbonyl (C=O) groups excluding carboxylic acids is 2. The number of amides is 2. The summed E-state index contributed by atoms with van der Waals surface area (Å²) in [7, 11) is 1.58. The molecule has 0 radical (unpaired) electrons. The minimum Gasteiger partial charge on any atom is -0.444 e. The highest BCUT2D eigenvalue weighted by molar-refractivity contribution is 5.92. The first-order chi connectivity index (χ1) is 11.2. The molecule has 0 bridgehead atoms. The van der Waals surface area contributed by atoms with Gasteiger partial charge in [-0.05, 0) is 39.8 Å². The number of aromatic nitrogens is 1. The van der Waals surface area contributed by atoms with Gasteiger partial charge in [-0.1, -0.05) is 0 Å². The summed E-state index contributed by atoms with van der Waals surface area (Å²) in [4.78, 5) is 31.9. The van der Waals surface area contributed by atoms with Crippen molar-refractivity contribution in [3.8, 4) is 0 Å². The molecule has 0 aliphatic carbocycles. The number of ether oxygens (including phenoxy) is 1. The Bertz CT molecular complexity index is 595. The zero-order chi connectivity index (χ0) is 17.9. The van der Waals surface area contributed by atoms with Gasteiger partial charge in [-0.2, -0.15) is 0 Å². The molecule has 2 amide bonds. The van der Waals surface area contributed by atoms with Gasteiger partial charge in [0.05, 0.1) is 11.9 Å². The van der Waals surface area contributed by atoms with Gasteiger partial charge in [0.2, 0.25) is 0 Å². The first-order valence-corrected chi connectivity index (χ1v) is 8.14. The van der Waals surface area contributed by atoms with Crippen molar-refractivity contribution in [3.05, 3.63) is 24.0 Å². The number of piperazine rings is 1. The van der Waals surface area contributed by atoms with Gasteiger partial charge in [-0.15, -0.1) is 0 Å². The average molecular weight is 334 g/mol. The van der Waals surface area contributed by atoms with Crippen molar-refractivity contribution >= 4 is 17.7 Å². The van der Waals surface area contributed by atoms with Crippen molar-refractivity contribution in [2.45, 2.75) is 39.3 Å². The van der Waals surface area contributed by atoms with Crippen molar-refractivity contribution in [1.82, 2.24) is 15.2 Å². The molecule has 1 fully saturated rings. The van der Waals surface area contributed by atoms with Crippen LogP contribution in [-0.2, 0) is 4.74 Å². The number of nitrogens with zero attached hydrogens (tertiary/aromatic N) is 3. The largest absolute Gasteiger partial charge is 0.444 e. The van der Waals surface area contributed by atoms with Crippen LogP contribution in [0.1, 0.15) is 38.2 Å². The SMILES string of the molecule is CNC(=O)c1ccc(N2CCN(C(=O)OC(C)(C)C)C(C)C2)cn1. The topological polar surface area (TPSA) is 74.8 Å². The van der Waals surface area contributed by atoms with Crippen LogP contribution in [0.2, 0.25) is 0 Å². The molecule has 1 saturated heterocycles. The van der Waals surface area contributed by atoms with Gasteiger partial charge in [-0.3, -0.25) is 4.79 Å². The standard InChI is InChI=1S/C17H26N4O3/c1-12-11-20(8-9-21(12)16(23)24-17(2,3)4)13-6-7-14(19-10-13)15(22)18-5/h6-7,10,12H,8-9,11H2,1-5H3,(H,18,22). The van der Waals surface area contributed by atoms with E-state index in [0.29, 0.717) is 25.3 Å². The zero-order valence-electron chi connectivity index (χ0n) is 15.0. The molecule has 1 unspecified atom stereocenters. The lowest BCUT2D eigenvalue weighted by Crippen LogP contribution is -2.55. The molecule has 1 aliphatic rings. The Morgan fingerprint density at radius 1 is 1.29 bits per heavy atom. The smallest absolute Gasteiger partial charge is 0.410 e. The third kappa shape index (κ3) is 4.37. The lowest BCUT2D eigenvalue weighted by molar-refractivity contribution is 0.0159. The maximum atomic E-state index is 12.2. The number of nitrogens with one attached hydrogen (secondary N) is 1. The molecule has 1 aliphatic heterocycles. The van der Waals surface area contributed by atoms with Gasteiger partial charge >= 0.3 is 6.09 Å². The molecule has 132 valence electrons. The number of anilines is 1. The number of hydrogen-bond acceptors (Lipinski definition) is 5. The normalized spacial score (nSPS) is 18.3. The van der Waals surface area contributed by atoms with Crippen LogP contribution in [-0.4, -0.2) is 60.2 Å². The summed E-state index contributed by atoms with van der Waals surface area (Å²) in [5, 5.41) is 2.55. The molecular weight excluding hydrogens is 308 g/mol. The molecule has 1 aromatic rings. The van der Waals surface area contributed by atoms with Crippen molar-refractivity contribution in [1.29, 1.82) is 0 Å². The molecule has 1 N–H and O–H groups in total. The number of pyridine rings is 1. The Hall–Kier alpha value is -2.31. The summed E-state index contributed by atoms with van der Waals surface area (Å²) in [5.74, 6) is -0.204. The fraction of sp³-hybridized carbons (Fsp3) is 0.588. The highest BCUT2D eigenvalue weighted by Crippen LogP contribution is 2.20. The Labute approximate surface area is 143 Å². The Kier molecular flexibility index (Phi) is 5.31. The third-order valence-corrected chi connectivity index (χ3v) is 3.83. The quantitative estimate of drug-likeness (QED) is 0.894. The van der Waals surface area contributed by atoms with Crippen molar-refractivity contribution < 1.29 is 14.3 Å². The predicted molar refractivity (Wildman–Crippen MR) is 92.2 cm³/mol. The van der Waals surface area contributed by atoms with E-state index in [4.69, 9.17) is 4.74 Å². The molecule has 7 nitrogen and oxygen atoms in total. The first-order valence-electron chi connectivity index (χ1n) is 8.14. The van der Waals surface area contributed by atoms with Crippen LogP contribution in [0.5, 0.6) is 0 Å². The average Bonchev–Trinajstić information content (AvgIpc) is 2.52. The highest BCUT2D eigenvalue weighted by Gasteiger charge is 2.31. The van der Waals surface area contributed by atoms with Crippen LogP contribution in [0, 0.1) is 0 Å². The lowest BCUT2D eigenvalue weighted by atomic mass is 10.1. The number of rotatable bonds is 2.